The lowest BCUT2D eigenvalue weighted by atomic mass is 10.0. The lowest BCUT2D eigenvalue weighted by Crippen LogP contribution is -2.29. The zero-order chi connectivity index (χ0) is 48.8. The molecule has 2 atom stereocenters. The summed E-state index contributed by atoms with van der Waals surface area (Å²) >= 11 is 0. The number of carbonyl (C=O) groups is 2. The number of phosphoric acid groups is 1. The van der Waals surface area contributed by atoms with Crippen LogP contribution < -0.4 is 5.73 Å². The number of esters is 2. The van der Waals surface area contributed by atoms with Crippen molar-refractivity contribution in [1.29, 1.82) is 0 Å². The average molecular weight is 962 g/mol. The van der Waals surface area contributed by atoms with Gasteiger partial charge in [0.15, 0.2) is 6.10 Å². The Morgan fingerprint density at radius 2 is 0.821 bits per heavy atom. The van der Waals surface area contributed by atoms with Crippen LogP contribution in [0.3, 0.4) is 0 Å². The molecule has 3 N–H and O–H groups in total. The molecule has 0 saturated carbocycles. The maximum absolute atomic E-state index is 12.7. The van der Waals surface area contributed by atoms with E-state index in [2.05, 4.69) is 74.6 Å². The molecular formula is C57H104NO8P. The van der Waals surface area contributed by atoms with E-state index in [0.29, 0.717) is 6.42 Å². The second-order valence-corrected chi connectivity index (χ2v) is 19.9. The molecule has 0 aliphatic carbocycles. The van der Waals surface area contributed by atoms with Crippen molar-refractivity contribution in [3.63, 3.8) is 0 Å². The highest BCUT2D eigenvalue weighted by Crippen LogP contribution is 2.43. The maximum atomic E-state index is 12.7. The van der Waals surface area contributed by atoms with Crippen molar-refractivity contribution in [3.8, 4) is 0 Å². The van der Waals surface area contributed by atoms with Crippen molar-refractivity contribution >= 4 is 19.8 Å². The lowest BCUT2D eigenvalue weighted by Gasteiger charge is -2.19. The van der Waals surface area contributed by atoms with Crippen molar-refractivity contribution in [2.45, 2.75) is 264 Å². The van der Waals surface area contributed by atoms with Gasteiger partial charge in [0, 0.05) is 19.4 Å². The van der Waals surface area contributed by atoms with Gasteiger partial charge in [-0.2, -0.15) is 0 Å². The van der Waals surface area contributed by atoms with Gasteiger partial charge < -0.3 is 20.1 Å². The fourth-order valence-corrected chi connectivity index (χ4v) is 8.56. The predicted molar refractivity (Wildman–Crippen MR) is 284 cm³/mol. The molecule has 0 heterocycles. The van der Waals surface area contributed by atoms with Gasteiger partial charge in [-0.05, 0) is 77.0 Å². The van der Waals surface area contributed by atoms with E-state index in [1.807, 2.05) is 0 Å². The third-order valence-electron chi connectivity index (χ3n) is 11.9. The summed E-state index contributed by atoms with van der Waals surface area (Å²) in [5, 5.41) is 0. The first kappa shape index (κ1) is 64.7. The molecule has 10 heteroatoms. The predicted octanol–water partition coefficient (Wildman–Crippen LogP) is 17.2. The van der Waals surface area contributed by atoms with E-state index in [1.165, 1.54) is 148 Å². The largest absolute Gasteiger partial charge is 0.472 e. The maximum Gasteiger partial charge on any atom is 0.472 e. The number of unbranched alkanes of at least 4 members (excludes halogenated alkanes) is 29. The Morgan fingerprint density at radius 3 is 1.24 bits per heavy atom. The summed E-state index contributed by atoms with van der Waals surface area (Å²) in [5.41, 5.74) is 5.37. The number of hydrogen-bond acceptors (Lipinski definition) is 8. The molecule has 0 rings (SSSR count). The third kappa shape index (κ3) is 52.9. The number of carbonyl (C=O) groups excluding carboxylic acids is 2. The molecule has 0 aliphatic rings. The van der Waals surface area contributed by atoms with Gasteiger partial charge >= 0.3 is 19.8 Å². The van der Waals surface area contributed by atoms with Gasteiger partial charge in [0.2, 0.25) is 0 Å². The molecule has 67 heavy (non-hydrogen) atoms. The summed E-state index contributed by atoms with van der Waals surface area (Å²) in [6.07, 6.45) is 65.6. The molecule has 2 unspecified atom stereocenters. The average Bonchev–Trinajstić information content (AvgIpc) is 3.32. The van der Waals surface area contributed by atoms with Crippen LogP contribution in [-0.2, 0) is 32.7 Å². The quantitative estimate of drug-likeness (QED) is 0.0264. The molecule has 0 radical (unpaired) electrons. The van der Waals surface area contributed by atoms with Gasteiger partial charge in [0.25, 0.3) is 0 Å². The molecule has 0 saturated heterocycles. The van der Waals surface area contributed by atoms with Crippen LogP contribution in [0.15, 0.2) is 60.8 Å². The molecule has 0 amide bonds. The summed E-state index contributed by atoms with van der Waals surface area (Å²) in [6.45, 7) is 3.65. The third-order valence-corrected chi connectivity index (χ3v) is 12.9. The highest BCUT2D eigenvalue weighted by atomic mass is 31.2. The highest BCUT2D eigenvalue weighted by molar-refractivity contribution is 7.47. The normalized spacial score (nSPS) is 13.6. The molecule has 0 aromatic carbocycles. The van der Waals surface area contributed by atoms with Gasteiger partial charge in [-0.1, -0.05) is 229 Å². The van der Waals surface area contributed by atoms with Gasteiger partial charge in [-0.3, -0.25) is 18.6 Å². The first-order chi connectivity index (χ1) is 32.8. The minimum absolute atomic E-state index is 0.0524. The molecule has 0 spiro atoms. The van der Waals surface area contributed by atoms with E-state index in [1.54, 1.807) is 0 Å². The van der Waals surface area contributed by atoms with Crippen LogP contribution in [0.25, 0.3) is 0 Å². The monoisotopic (exact) mass is 962 g/mol. The van der Waals surface area contributed by atoms with Crippen molar-refractivity contribution in [2.75, 3.05) is 26.4 Å². The number of allylic oxidation sites excluding steroid dienone is 10. The molecular weight excluding hydrogens is 858 g/mol. The Morgan fingerprint density at radius 1 is 0.463 bits per heavy atom. The molecule has 0 bridgehead atoms. The molecule has 0 aromatic heterocycles. The Kier molecular flexibility index (Phi) is 51.3. The molecule has 0 aromatic rings. The number of hydrogen-bond donors (Lipinski definition) is 2. The Bertz CT molecular complexity index is 1280. The van der Waals surface area contributed by atoms with Crippen molar-refractivity contribution in [3.05, 3.63) is 60.8 Å². The summed E-state index contributed by atoms with van der Waals surface area (Å²) < 4.78 is 33.0. The topological polar surface area (TPSA) is 134 Å². The van der Waals surface area contributed by atoms with Crippen LogP contribution in [0.2, 0.25) is 0 Å². The van der Waals surface area contributed by atoms with E-state index in [0.717, 1.165) is 77.0 Å². The summed E-state index contributed by atoms with van der Waals surface area (Å²) in [4.78, 5) is 35.1. The summed E-state index contributed by atoms with van der Waals surface area (Å²) in [7, 11) is -4.39. The van der Waals surface area contributed by atoms with Crippen LogP contribution in [0.4, 0.5) is 0 Å². The highest BCUT2D eigenvalue weighted by Gasteiger charge is 2.26. The van der Waals surface area contributed by atoms with Gasteiger partial charge in [0.05, 0.1) is 13.2 Å². The molecule has 0 fully saturated rings. The Hall–Kier alpha value is -2.29. The smallest absolute Gasteiger partial charge is 0.462 e. The summed E-state index contributed by atoms with van der Waals surface area (Å²) in [5.74, 6) is -0.826. The minimum Gasteiger partial charge on any atom is -0.462 e. The fourth-order valence-electron chi connectivity index (χ4n) is 7.80. The van der Waals surface area contributed by atoms with E-state index in [4.69, 9.17) is 24.3 Å². The van der Waals surface area contributed by atoms with Crippen LogP contribution in [0.5, 0.6) is 0 Å². The van der Waals surface area contributed by atoms with Crippen molar-refractivity contribution in [1.82, 2.24) is 0 Å². The van der Waals surface area contributed by atoms with Crippen LogP contribution in [0, 0.1) is 0 Å². The van der Waals surface area contributed by atoms with Crippen LogP contribution >= 0.6 is 7.82 Å². The summed E-state index contributed by atoms with van der Waals surface area (Å²) in [6, 6.07) is 0. The standard InChI is InChI=1S/C57H104NO8P/c1-3-5-7-9-11-13-15-17-19-21-22-23-24-25-26-27-28-29-30-31-32-34-36-38-40-42-44-46-48-50-57(60)66-55(54-65-67(61,62)64-52-51-58)53-63-56(59)49-47-45-43-41-39-37-35-33-20-18-16-14-12-10-8-6-4-2/h5,7,11,13,17-20,22-23,55H,3-4,6,8-10,12,14-16,21,24-54,58H2,1-2H3,(H,61,62)/b7-5-,13-11-,19-17-,20-18-,23-22-. The molecule has 9 nitrogen and oxygen atoms in total. The van der Waals surface area contributed by atoms with E-state index < -0.39 is 26.5 Å². The Labute approximate surface area is 412 Å². The second-order valence-electron chi connectivity index (χ2n) is 18.4. The van der Waals surface area contributed by atoms with E-state index >= 15 is 0 Å². The second kappa shape index (κ2) is 53.1. The first-order valence-electron chi connectivity index (χ1n) is 27.8. The van der Waals surface area contributed by atoms with Crippen molar-refractivity contribution in [2.24, 2.45) is 5.73 Å². The zero-order valence-electron chi connectivity index (χ0n) is 43.4. The van der Waals surface area contributed by atoms with Gasteiger partial charge in [-0.15, -0.1) is 0 Å². The zero-order valence-corrected chi connectivity index (χ0v) is 44.3. The Balaban J connectivity index is 3.95. The van der Waals surface area contributed by atoms with Crippen molar-refractivity contribution < 1.29 is 37.6 Å². The molecule has 0 aliphatic heterocycles. The lowest BCUT2D eigenvalue weighted by molar-refractivity contribution is -0.161. The van der Waals surface area contributed by atoms with Gasteiger partial charge in [0.1, 0.15) is 6.61 Å². The number of phosphoric ester groups is 1. The van der Waals surface area contributed by atoms with Crippen LogP contribution in [0.1, 0.15) is 258 Å². The van der Waals surface area contributed by atoms with Gasteiger partial charge in [-0.25, -0.2) is 4.57 Å². The van der Waals surface area contributed by atoms with E-state index in [-0.39, 0.29) is 38.6 Å². The SMILES string of the molecule is CC/C=C\C/C=C\C/C=C\C/C=C\CCCCCCCCCCCCCCCCCCC(=O)OC(COC(=O)CCCCCCCCC/C=C\CCCCCCCC)COP(=O)(O)OCCN. The van der Waals surface area contributed by atoms with E-state index in [9.17, 15) is 19.0 Å². The van der Waals surface area contributed by atoms with Crippen LogP contribution in [-0.4, -0.2) is 49.3 Å². The minimum atomic E-state index is -4.39. The number of ether oxygens (including phenoxy) is 2. The molecule has 390 valence electrons. The fraction of sp³-hybridized carbons (Fsp3) is 0.789. The number of nitrogens with two attached hydrogens (primary N) is 1. The number of rotatable bonds is 52. The first-order valence-corrected chi connectivity index (χ1v) is 29.3.